The predicted molar refractivity (Wildman–Crippen MR) is 44.7 cm³/mol. The number of nitrogens with one attached hydrogen (secondary N) is 1. The molecule has 0 unspecified atom stereocenters. The summed E-state index contributed by atoms with van der Waals surface area (Å²) in [5.74, 6) is 0.324. The lowest BCUT2D eigenvalue weighted by molar-refractivity contribution is -0.121. The van der Waals surface area contributed by atoms with E-state index >= 15 is 0 Å². The zero-order valence-electron chi connectivity index (χ0n) is 7.36. The van der Waals surface area contributed by atoms with Gasteiger partial charge in [0.2, 0.25) is 11.8 Å². The summed E-state index contributed by atoms with van der Waals surface area (Å²) in [6.07, 6.45) is 1.85. The van der Waals surface area contributed by atoms with Gasteiger partial charge >= 0.3 is 0 Å². The number of nitrogens with zero attached hydrogens (tertiary/aromatic N) is 2. The van der Waals surface area contributed by atoms with Gasteiger partial charge in [-0.05, 0) is 6.92 Å². The van der Waals surface area contributed by atoms with E-state index in [0.717, 1.165) is 0 Å². The van der Waals surface area contributed by atoms with E-state index in [-0.39, 0.29) is 5.91 Å². The standard InChI is InChI=1S/C7H12N4O2/c1-5(8)7(12)9-3-2-6-10-4-11-13-6/h4-5H,2-3,8H2,1H3,(H,9,12)/t5-/m1/s1. The normalized spacial score (nSPS) is 12.5. The van der Waals surface area contributed by atoms with Crippen molar-refractivity contribution in [2.45, 2.75) is 19.4 Å². The van der Waals surface area contributed by atoms with Crippen molar-refractivity contribution < 1.29 is 9.32 Å². The molecular formula is C7H12N4O2. The van der Waals surface area contributed by atoms with Crippen molar-refractivity contribution in [3.63, 3.8) is 0 Å². The molecule has 13 heavy (non-hydrogen) atoms. The van der Waals surface area contributed by atoms with Gasteiger partial charge in [-0.3, -0.25) is 4.79 Å². The summed E-state index contributed by atoms with van der Waals surface area (Å²) in [4.78, 5) is 14.8. The molecule has 0 spiro atoms. The van der Waals surface area contributed by atoms with Gasteiger partial charge in [0.25, 0.3) is 0 Å². The van der Waals surface area contributed by atoms with Crippen LogP contribution in [0.4, 0.5) is 0 Å². The third-order valence-corrected chi connectivity index (χ3v) is 1.46. The Morgan fingerprint density at radius 3 is 3.15 bits per heavy atom. The summed E-state index contributed by atoms with van der Waals surface area (Å²) in [5.41, 5.74) is 5.33. The average molecular weight is 184 g/mol. The van der Waals surface area contributed by atoms with Crippen LogP contribution >= 0.6 is 0 Å². The van der Waals surface area contributed by atoms with E-state index in [1.54, 1.807) is 6.92 Å². The van der Waals surface area contributed by atoms with Crippen LogP contribution in [0.25, 0.3) is 0 Å². The summed E-state index contributed by atoms with van der Waals surface area (Å²) in [6, 6.07) is -0.484. The van der Waals surface area contributed by atoms with Gasteiger partial charge in [0.1, 0.15) is 0 Å². The Bertz CT molecular complexity index is 257. The number of hydrogen-bond acceptors (Lipinski definition) is 5. The lowest BCUT2D eigenvalue weighted by Crippen LogP contribution is -2.39. The van der Waals surface area contributed by atoms with Crippen LogP contribution in [-0.4, -0.2) is 28.6 Å². The van der Waals surface area contributed by atoms with Crippen molar-refractivity contribution >= 4 is 5.91 Å². The molecule has 6 nitrogen and oxygen atoms in total. The summed E-state index contributed by atoms with van der Waals surface area (Å²) in [6.45, 7) is 2.09. The van der Waals surface area contributed by atoms with Crippen LogP contribution < -0.4 is 11.1 Å². The smallest absolute Gasteiger partial charge is 0.236 e. The zero-order valence-corrected chi connectivity index (χ0v) is 7.36. The molecule has 0 aromatic carbocycles. The van der Waals surface area contributed by atoms with Gasteiger partial charge in [0.05, 0.1) is 6.04 Å². The third-order valence-electron chi connectivity index (χ3n) is 1.46. The third kappa shape index (κ3) is 3.20. The first-order chi connectivity index (χ1) is 6.20. The first-order valence-corrected chi connectivity index (χ1v) is 3.99. The monoisotopic (exact) mass is 184 g/mol. The number of amides is 1. The zero-order chi connectivity index (χ0) is 9.68. The molecule has 1 atom stereocenters. The lowest BCUT2D eigenvalue weighted by Gasteiger charge is -2.05. The van der Waals surface area contributed by atoms with Crippen LogP contribution in [0.2, 0.25) is 0 Å². The lowest BCUT2D eigenvalue weighted by atomic mass is 10.3. The second-order valence-corrected chi connectivity index (χ2v) is 2.66. The van der Waals surface area contributed by atoms with Gasteiger partial charge in [-0.15, -0.1) is 0 Å². The first-order valence-electron chi connectivity index (χ1n) is 3.99. The summed E-state index contributed by atoms with van der Waals surface area (Å²) < 4.78 is 4.73. The Balaban J connectivity index is 2.18. The molecule has 1 heterocycles. The van der Waals surface area contributed by atoms with Gasteiger partial charge in [-0.25, -0.2) is 0 Å². The molecule has 72 valence electrons. The molecule has 0 saturated carbocycles. The maximum atomic E-state index is 11.0. The first kappa shape index (κ1) is 9.66. The summed E-state index contributed by atoms with van der Waals surface area (Å²) >= 11 is 0. The maximum absolute atomic E-state index is 11.0. The summed E-state index contributed by atoms with van der Waals surface area (Å²) in [5, 5.41) is 6.06. The van der Waals surface area contributed by atoms with Crippen molar-refractivity contribution in [1.29, 1.82) is 0 Å². The topological polar surface area (TPSA) is 94.0 Å². The minimum absolute atomic E-state index is 0.181. The molecule has 6 heteroatoms. The minimum Gasteiger partial charge on any atom is -0.354 e. The van der Waals surface area contributed by atoms with Crippen LogP contribution in [0.15, 0.2) is 10.9 Å². The number of hydrogen-bond donors (Lipinski definition) is 2. The molecule has 0 aliphatic carbocycles. The molecule has 1 aromatic rings. The second-order valence-electron chi connectivity index (χ2n) is 2.66. The van der Waals surface area contributed by atoms with Crippen LogP contribution in [0.3, 0.4) is 0 Å². The van der Waals surface area contributed by atoms with Gasteiger partial charge in [-0.2, -0.15) is 4.98 Å². The predicted octanol–water partition coefficient (Wildman–Crippen LogP) is -0.924. The van der Waals surface area contributed by atoms with Gasteiger partial charge in [-0.1, -0.05) is 5.16 Å². The number of rotatable bonds is 4. The van der Waals surface area contributed by atoms with Crippen LogP contribution in [0, 0.1) is 0 Å². The number of nitrogens with two attached hydrogens (primary N) is 1. The fraction of sp³-hybridized carbons (Fsp3) is 0.571. The average Bonchev–Trinajstić information content (AvgIpc) is 2.56. The highest BCUT2D eigenvalue weighted by atomic mass is 16.5. The maximum Gasteiger partial charge on any atom is 0.236 e. The summed E-state index contributed by atoms with van der Waals surface area (Å²) in [7, 11) is 0. The van der Waals surface area contributed by atoms with Gasteiger partial charge < -0.3 is 15.6 Å². The Kier molecular flexibility index (Phi) is 3.39. The molecule has 1 aromatic heterocycles. The largest absolute Gasteiger partial charge is 0.354 e. The fourth-order valence-electron chi connectivity index (χ4n) is 0.760. The molecule has 0 radical (unpaired) electrons. The fourth-order valence-corrected chi connectivity index (χ4v) is 0.760. The molecule has 0 aliphatic rings. The van der Waals surface area contributed by atoms with Crippen molar-refractivity contribution in [2.75, 3.05) is 6.54 Å². The minimum atomic E-state index is -0.484. The van der Waals surface area contributed by atoms with Crippen molar-refractivity contribution in [3.05, 3.63) is 12.2 Å². The Labute approximate surface area is 75.5 Å². The molecule has 0 saturated heterocycles. The van der Waals surface area contributed by atoms with E-state index in [4.69, 9.17) is 10.3 Å². The van der Waals surface area contributed by atoms with Crippen LogP contribution in [0.5, 0.6) is 0 Å². The molecule has 0 aliphatic heterocycles. The highest BCUT2D eigenvalue weighted by Gasteiger charge is 2.06. The molecule has 3 N–H and O–H groups in total. The Morgan fingerprint density at radius 1 is 1.85 bits per heavy atom. The second kappa shape index (κ2) is 4.56. The van der Waals surface area contributed by atoms with Crippen molar-refractivity contribution in [2.24, 2.45) is 5.73 Å². The number of aromatic nitrogens is 2. The van der Waals surface area contributed by atoms with Crippen molar-refractivity contribution in [3.8, 4) is 0 Å². The van der Waals surface area contributed by atoms with E-state index < -0.39 is 6.04 Å². The van der Waals surface area contributed by atoms with Gasteiger partial charge in [0.15, 0.2) is 6.33 Å². The van der Waals surface area contributed by atoms with Gasteiger partial charge in [0, 0.05) is 13.0 Å². The Hall–Kier alpha value is -1.43. The molecule has 0 bridgehead atoms. The highest BCUT2D eigenvalue weighted by Crippen LogP contribution is 1.90. The van der Waals surface area contributed by atoms with E-state index in [2.05, 4.69) is 15.5 Å². The number of carbonyl (C=O) groups excluding carboxylic acids is 1. The quantitative estimate of drug-likeness (QED) is 0.630. The molecule has 0 fully saturated rings. The molecular weight excluding hydrogens is 172 g/mol. The Morgan fingerprint density at radius 2 is 2.62 bits per heavy atom. The molecule has 1 rings (SSSR count). The number of carbonyl (C=O) groups is 1. The van der Waals surface area contributed by atoms with E-state index in [0.29, 0.717) is 18.9 Å². The molecule has 1 amide bonds. The van der Waals surface area contributed by atoms with Crippen LogP contribution in [0.1, 0.15) is 12.8 Å². The highest BCUT2D eigenvalue weighted by molar-refractivity contribution is 5.80. The van der Waals surface area contributed by atoms with E-state index in [9.17, 15) is 4.79 Å². The van der Waals surface area contributed by atoms with E-state index in [1.165, 1.54) is 6.33 Å². The van der Waals surface area contributed by atoms with Crippen molar-refractivity contribution in [1.82, 2.24) is 15.5 Å². The van der Waals surface area contributed by atoms with Crippen LogP contribution in [-0.2, 0) is 11.2 Å². The van der Waals surface area contributed by atoms with E-state index in [1.807, 2.05) is 0 Å². The SMILES string of the molecule is C[C@@H](N)C(=O)NCCc1ncno1.